The Morgan fingerprint density at radius 3 is 2.38 bits per heavy atom. The molecule has 170 valence electrons. The van der Waals surface area contributed by atoms with Crippen LogP contribution in [0.25, 0.3) is 0 Å². The van der Waals surface area contributed by atoms with Crippen LogP contribution >= 0.6 is 11.6 Å². The number of alkyl halides is 3. The number of hydrogen-bond acceptors (Lipinski definition) is 8. The number of nitrogens with zero attached hydrogens (tertiary/aromatic N) is 3. The van der Waals surface area contributed by atoms with Gasteiger partial charge in [-0.3, -0.25) is 4.21 Å². The lowest BCUT2D eigenvalue weighted by molar-refractivity contribution is -0.154. The second kappa shape index (κ2) is 10.1. The van der Waals surface area contributed by atoms with Crippen LogP contribution in [0.15, 0.2) is 47.4 Å². The summed E-state index contributed by atoms with van der Waals surface area (Å²) in [6.45, 7) is -1.50. The predicted molar refractivity (Wildman–Crippen MR) is 107 cm³/mol. The summed E-state index contributed by atoms with van der Waals surface area (Å²) < 4.78 is 77.3. The van der Waals surface area contributed by atoms with Crippen molar-refractivity contribution in [1.29, 1.82) is 0 Å². The van der Waals surface area contributed by atoms with E-state index in [9.17, 15) is 26.3 Å². The first-order valence-corrected chi connectivity index (χ1v) is 10.1. The molecule has 8 nitrogen and oxygen atoms in total. The lowest BCUT2D eigenvalue weighted by Crippen LogP contribution is -2.21. The van der Waals surface area contributed by atoms with Crippen molar-refractivity contribution in [3.8, 4) is 6.01 Å². The highest BCUT2D eigenvalue weighted by atomic mass is 35.5. The standard InChI is InChI=1S/C18H14ClF4N5O3S/c19-13-7-11(3-6-14(13)20)25-16-26-15(27-17(28-16)31-9-18(21,22)23)24-8-10-1-4-12(5-2-10)32(29)30/h1-7H,8-9H2,(H,29,30)(H2,24,25,26,27,28)/p-1. The number of ether oxygens (including phenoxy) is 1. The molecule has 0 saturated heterocycles. The van der Waals surface area contributed by atoms with E-state index in [2.05, 4.69) is 30.3 Å². The van der Waals surface area contributed by atoms with Crippen molar-refractivity contribution in [2.45, 2.75) is 17.6 Å². The van der Waals surface area contributed by atoms with Crippen molar-refractivity contribution >= 4 is 40.3 Å². The van der Waals surface area contributed by atoms with E-state index in [1.165, 1.54) is 24.3 Å². The highest BCUT2D eigenvalue weighted by Gasteiger charge is 2.29. The lowest BCUT2D eigenvalue weighted by atomic mass is 10.2. The summed E-state index contributed by atoms with van der Waals surface area (Å²) in [5, 5.41) is 5.29. The van der Waals surface area contributed by atoms with Crippen LogP contribution in [0.5, 0.6) is 6.01 Å². The van der Waals surface area contributed by atoms with Gasteiger partial charge in [0.25, 0.3) is 0 Å². The van der Waals surface area contributed by atoms with E-state index in [4.69, 9.17) is 11.6 Å². The number of hydrogen-bond donors (Lipinski definition) is 2. The van der Waals surface area contributed by atoms with E-state index in [0.29, 0.717) is 5.56 Å². The minimum absolute atomic E-state index is 0.0983. The normalized spacial score (nSPS) is 12.3. The number of aromatic nitrogens is 3. The van der Waals surface area contributed by atoms with Crippen molar-refractivity contribution in [3.05, 3.63) is 58.9 Å². The fourth-order valence-corrected chi connectivity index (χ4v) is 2.84. The van der Waals surface area contributed by atoms with Gasteiger partial charge in [-0.05, 0) is 47.0 Å². The monoisotopic (exact) mass is 490 g/mol. The van der Waals surface area contributed by atoms with E-state index in [1.54, 1.807) is 12.1 Å². The van der Waals surface area contributed by atoms with Gasteiger partial charge in [-0.2, -0.15) is 28.1 Å². The summed E-state index contributed by atoms with van der Waals surface area (Å²) in [6.07, 6.45) is -4.61. The zero-order valence-electron chi connectivity index (χ0n) is 15.8. The van der Waals surface area contributed by atoms with Crippen LogP contribution in [-0.4, -0.2) is 36.5 Å². The molecule has 32 heavy (non-hydrogen) atoms. The third kappa shape index (κ3) is 7.00. The maximum absolute atomic E-state index is 13.3. The number of halogens is 5. The maximum Gasteiger partial charge on any atom is 0.422 e. The summed E-state index contributed by atoms with van der Waals surface area (Å²) in [5.41, 5.74) is 0.925. The molecule has 0 spiro atoms. The van der Waals surface area contributed by atoms with Gasteiger partial charge in [-0.15, -0.1) is 0 Å². The van der Waals surface area contributed by atoms with Gasteiger partial charge in [0.1, 0.15) is 5.82 Å². The lowest BCUT2D eigenvalue weighted by Gasteiger charge is -2.12. The largest absolute Gasteiger partial charge is 0.768 e. The molecule has 2 N–H and O–H groups in total. The topological polar surface area (TPSA) is 112 Å². The van der Waals surface area contributed by atoms with Gasteiger partial charge in [0.15, 0.2) is 6.61 Å². The van der Waals surface area contributed by atoms with Crippen LogP contribution in [0.2, 0.25) is 5.02 Å². The number of benzene rings is 2. The molecule has 14 heteroatoms. The van der Waals surface area contributed by atoms with Gasteiger partial charge in [0, 0.05) is 17.1 Å². The summed E-state index contributed by atoms with van der Waals surface area (Å²) in [4.78, 5) is 11.7. The molecule has 3 aromatic rings. The van der Waals surface area contributed by atoms with Crippen molar-refractivity contribution in [1.82, 2.24) is 15.0 Å². The smallest absolute Gasteiger partial charge is 0.422 e. The molecule has 2 aromatic carbocycles. The summed E-state index contributed by atoms with van der Waals surface area (Å²) in [6, 6.07) is 8.91. The predicted octanol–water partition coefficient (Wildman–Crippen LogP) is 4.20. The van der Waals surface area contributed by atoms with Gasteiger partial charge in [0.05, 0.1) is 5.02 Å². The zero-order valence-corrected chi connectivity index (χ0v) is 17.4. The summed E-state index contributed by atoms with van der Waals surface area (Å²) in [7, 11) is 0. The van der Waals surface area contributed by atoms with E-state index in [0.717, 1.165) is 6.07 Å². The minimum atomic E-state index is -4.61. The van der Waals surface area contributed by atoms with Crippen molar-refractivity contribution in [2.24, 2.45) is 0 Å². The van der Waals surface area contributed by atoms with Crippen molar-refractivity contribution < 1.29 is 31.1 Å². The van der Waals surface area contributed by atoms with Gasteiger partial charge in [0.2, 0.25) is 11.9 Å². The Morgan fingerprint density at radius 1 is 1.06 bits per heavy atom. The zero-order chi connectivity index (χ0) is 23.3. The molecule has 0 bridgehead atoms. The maximum atomic E-state index is 13.3. The quantitative estimate of drug-likeness (QED) is 0.357. The summed E-state index contributed by atoms with van der Waals surface area (Å²) >= 11 is 3.35. The molecule has 0 amide bonds. The van der Waals surface area contributed by atoms with Gasteiger partial charge in [-0.1, -0.05) is 23.7 Å². The first-order chi connectivity index (χ1) is 15.1. The van der Waals surface area contributed by atoms with E-state index in [-0.39, 0.29) is 34.0 Å². The molecular formula is C18H13ClF4N5O3S-. The Kier molecular flexibility index (Phi) is 7.43. The molecule has 1 aromatic heterocycles. The third-order valence-electron chi connectivity index (χ3n) is 3.72. The molecule has 0 aliphatic heterocycles. The Hall–Kier alpha value is -3.03. The Labute approximate surface area is 186 Å². The second-order valence-corrected chi connectivity index (χ2v) is 7.50. The van der Waals surface area contributed by atoms with Gasteiger partial charge < -0.3 is 19.9 Å². The van der Waals surface area contributed by atoms with Gasteiger partial charge >= 0.3 is 12.2 Å². The number of anilines is 3. The van der Waals surface area contributed by atoms with Gasteiger partial charge in [-0.25, -0.2) is 4.39 Å². The highest BCUT2D eigenvalue weighted by Crippen LogP contribution is 2.23. The molecule has 0 fully saturated rings. The molecule has 0 saturated carbocycles. The Balaban J connectivity index is 1.80. The summed E-state index contributed by atoms with van der Waals surface area (Å²) in [5.74, 6) is -0.958. The van der Waals surface area contributed by atoms with Crippen molar-refractivity contribution in [2.75, 3.05) is 17.2 Å². The molecule has 0 aliphatic rings. The molecule has 0 radical (unpaired) electrons. The average Bonchev–Trinajstić information content (AvgIpc) is 2.73. The van der Waals surface area contributed by atoms with E-state index < -0.39 is 35.7 Å². The Morgan fingerprint density at radius 2 is 1.75 bits per heavy atom. The minimum Gasteiger partial charge on any atom is -0.768 e. The number of rotatable bonds is 8. The van der Waals surface area contributed by atoms with E-state index >= 15 is 0 Å². The van der Waals surface area contributed by atoms with E-state index in [1.807, 2.05) is 0 Å². The molecule has 1 atom stereocenters. The van der Waals surface area contributed by atoms with Crippen LogP contribution in [0.3, 0.4) is 0 Å². The molecular weight excluding hydrogens is 478 g/mol. The highest BCUT2D eigenvalue weighted by molar-refractivity contribution is 7.79. The van der Waals surface area contributed by atoms with Crippen molar-refractivity contribution in [3.63, 3.8) is 0 Å². The molecule has 0 aliphatic carbocycles. The van der Waals surface area contributed by atoms with Crippen LogP contribution in [0, 0.1) is 5.82 Å². The number of nitrogens with one attached hydrogen (secondary N) is 2. The van der Waals surface area contributed by atoms with Crippen LogP contribution < -0.4 is 15.4 Å². The molecule has 1 heterocycles. The molecule has 1 unspecified atom stereocenters. The fourth-order valence-electron chi connectivity index (χ4n) is 2.30. The van der Waals surface area contributed by atoms with Crippen LogP contribution in [-0.2, 0) is 17.6 Å². The Bertz CT molecular complexity index is 1120. The van der Waals surface area contributed by atoms with Crippen LogP contribution in [0.1, 0.15) is 5.56 Å². The second-order valence-electron chi connectivity index (χ2n) is 6.16. The van der Waals surface area contributed by atoms with Crippen LogP contribution in [0.4, 0.5) is 35.1 Å². The SMILES string of the molecule is O=S([O-])c1ccc(CNc2nc(Nc3ccc(F)c(Cl)c3)nc(OCC(F)(F)F)n2)cc1. The fraction of sp³-hybridized carbons (Fsp3) is 0.167. The first kappa shape index (κ1) is 23.6. The average molecular weight is 491 g/mol. The first-order valence-electron chi connectivity index (χ1n) is 8.69. The third-order valence-corrected chi connectivity index (χ3v) is 4.67. The molecule has 3 rings (SSSR count).